The van der Waals surface area contributed by atoms with Gasteiger partial charge in [0.15, 0.2) is 0 Å². The van der Waals surface area contributed by atoms with Gasteiger partial charge in [0.05, 0.1) is 48.0 Å². The van der Waals surface area contributed by atoms with E-state index >= 15 is 0 Å². The van der Waals surface area contributed by atoms with Gasteiger partial charge in [0.1, 0.15) is 23.5 Å². The van der Waals surface area contributed by atoms with E-state index in [2.05, 4.69) is 30.2 Å². The Bertz CT molecular complexity index is 1360. The van der Waals surface area contributed by atoms with Gasteiger partial charge >= 0.3 is 0 Å². The van der Waals surface area contributed by atoms with Gasteiger partial charge in [-0.15, -0.1) is 10.2 Å². The summed E-state index contributed by atoms with van der Waals surface area (Å²) in [6, 6.07) is 15.8. The zero-order valence-electron chi connectivity index (χ0n) is 16.0. The minimum absolute atomic E-state index is 0.609. The molecule has 1 aliphatic heterocycles. The normalized spacial score (nSPS) is 12.0. The van der Waals surface area contributed by atoms with Crippen LogP contribution in [0.15, 0.2) is 67.3 Å². The van der Waals surface area contributed by atoms with Crippen LogP contribution in [0.2, 0.25) is 0 Å². The second kappa shape index (κ2) is 6.38. The largest absolute Gasteiger partial charge is 0.497 e. The summed E-state index contributed by atoms with van der Waals surface area (Å²) in [6.45, 7) is 0. The second-order valence-corrected chi connectivity index (χ2v) is 6.96. The molecule has 0 fully saturated rings. The number of nitrogens with zero attached hydrogens (tertiary/aromatic N) is 8. The summed E-state index contributed by atoms with van der Waals surface area (Å²) in [5.74, 6) is 0.754. The molecule has 0 atom stereocenters. The molecule has 9 heteroatoms. The highest BCUT2D eigenvalue weighted by Gasteiger charge is 2.25. The zero-order chi connectivity index (χ0) is 20.1. The van der Waals surface area contributed by atoms with Crippen LogP contribution in [0.5, 0.6) is 5.75 Å². The maximum absolute atomic E-state index is 5.41. The third kappa shape index (κ3) is 2.45. The van der Waals surface area contributed by atoms with E-state index in [4.69, 9.17) is 4.74 Å². The number of hydrogen-bond donors (Lipinski definition) is 0. The highest BCUT2D eigenvalue weighted by molar-refractivity contribution is 5.64. The summed E-state index contributed by atoms with van der Waals surface area (Å²) < 4.78 is 11.1. The quantitative estimate of drug-likeness (QED) is 0.457. The first-order valence-corrected chi connectivity index (χ1v) is 9.44. The maximum atomic E-state index is 5.41. The SMILES string of the molecule is COc1ccc2c(c1)-n1nncc1Cc1c(-c3cn(-c4ccccc4)nn3)ncn1-2. The zero-order valence-corrected chi connectivity index (χ0v) is 16.0. The topological polar surface area (TPSA) is 88.5 Å². The number of para-hydroxylation sites is 1. The minimum atomic E-state index is 0.609. The van der Waals surface area contributed by atoms with Gasteiger partial charge < -0.3 is 4.74 Å². The molecule has 4 heterocycles. The molecule has 9 nitrogen and oxygen atoms in total. The molecule has 3 aromatic heterocycles. The lowest BCUT2D eigenvalue weighted by molar-refractivity contribution is 0.414. The van der Waals surface area contributed by atoms with Gasteiger partial charge in [0, 0.05) is 12.5 Å². The van der Waals surface area contributed by atoms with Gasteiger partial charge in [0.25, 0.3) is 0 Å². The lowest BCUT2D eigenvalue weighted by Gasteiger charge is -2.11. The van der Waals surface area contributed by atoms with E-state index in [-0.39, 0.29) is 0 Å². The Hall–Kier alpha value is -4.27. The molecule has 2 aromatic carbocycles. The number of rotatable bonds is 3. The fraction of sp³-hybridized carbons (Fsp3) is 0.0952. The van der Waals surface area contributed by atoms with Crippen LogP contribution in [0.3, 0.4) is 0 Å². The first-order chi connectivity index (χ1) is 14.8. The lowest BCUT2D eigenvalue weighted by Crippen LogP contribution is -2.03. The molecule has 0 saturated heterocycles. The van der Waals surface area contributed by atoms with E-state index < -0.39 is 0 Å². The molecule has 6 rings (SSSR count). The Labute approximate surface area is 171 Å². The van der Waals surface area contributed by atoms with Gasteiger partial charge in [0.2, 0.25) is 0 Å². The summed E-state index contributed by atoms with van der Waals surface area (Å²) in [6.07, 6.45) is 6.10. The summed E-state index contributed by atoms with van der Waals surface area (Å²) in [4.78, 5) is 4.68. The van der Waals surface area contributed by atoms with Crippen molar-refractivity contribution in [3.05, 3.63) is 78.6 Å². The number of imidazole rings is 1. The molecule has 0 aliphatic carbocycles. The van der Waals surface area contributed by atoms with E-state index in [0.717, 1.165) is 39.9 Å². The minimum Gasteiger partial charge on any atom is -0.497 e. The fourth-order valence-electron chi connectivity index (χ4n) is 3.80. The standard InChI is InChI=1S/C21H16N8O/c1-30-16-7-8-18-19(10-16)29-15(11-23-25-29)9-20-21(22-13-27(18)20)17-12-28(26-24-17)14-5-3-2-4-6-14/h2-8,10-13H,9H2,1H3. The Kier molecular flexibility index (Phi) is 3.54. The van der Waals surface area contributed by atoms with Gasteiger partial charge in [-0.25, -0.2) is 14.3 Å². The smallest absolute Gasteiger partial charge is 0.133 e. The summed E-state index contributed by atoms with van der Waals surface area (Å²) in [5, 5.41) is 17.1. The third-order valence-corrected chi connectivity index (χ3v) is 5.26. The Morgan fingerprint density at radius 3 is 2.77 bits per heavy atom. The molecule has 30 heavy (non-hydrogen) atoms. The molecular formula is C21H16N8O. The van der Waals surface area contributed by atoms with E-state index in [1.807, 2.05) is 65.7 Å². The number of fused-ring (bicyclic) bond motifs is 5. The van der Waals surface area contributed by atoms with Crippen molar-refractivity contribution in [3.63, 3.8) is 0 Å². The van der Waals surface area contributed by atoms with Crippen molar-refractivity contribution in [1.29, 1.82) is 0 Å². The Balaban J connectivity index is 1.52. The van der Waals surface area contributed by atoms with Crippen LogP contribution >= 0.6 is 0 Å². The van der Waals surface area contributed by atoms with Crippen LogP contribution in [0.1, 0.15) is 11.4 Å². The van der Waals surface area contributed by atoms with Crippen LogP contribution in [0.25, 0.3) is 28.5 Å². The lowest BCUT2D eigenvalue weighted by atomic mass is 10.1. The second-order valence-electron chi connectivity index (χ2n) is 6.96. The maximum Gasteiger partial charge on any atom is 0.133 e. The van der Waals surface area contributed by atoms with Gasteiger partial charge in [-0.1, -0.05) is 28.6 Å². The van der Waals surface area contributed by atoms with Gasteiger partial charge in [-0.3, -0.25) is 4.57 Å². The summed E-state index contributed by atoms with van der Waals surface area (Å²) >= 11 is 0. The molecule has 1 aliphatic rings. The number of ether oxygens (including phenoxy) is 1. The van der Waals surface area contributed by atoms with E-state index in [1.165, 1.54) is 0 Å². The third-order valence-electron chi connectivity index (χ3n) is 5.26. The molecule has 0 amide bonds. The number of hydrogen-bond acceptors (Lipinski definition) is 6. The van der Waals surface area contributed by atoms with E-state index in [9.17, 15) is 0 Å². The van der Waals surface area contributed by atoms with Crippen molar-refractivity contribution < 1.29 is 4.74 Å². The Morgan fingerprint density at radius 1 is 1.00 bits per heavy atom. The molecular weight excluding hydrogens is 380 g/mol. The average Bonchev–Trinajstić information content (AvgIpc) is 3.53. The van der Waals surface area contributed by atoms with Crippen LogP contribution in [0.4, 0.5) is 0 Å². The van der Waals surface area contributed by atoms with E-state index in [1.54, 1.807) is 18.0 Å². The summed E-state index contributed by atoms with van der Waals surface area (Å²) in [5.41, 5.74) is 6.24. The first kappa shape index (κ1) is 16.7. The molecule has 5 aromatic rings. The Morgan fingerprint density at radius 2 is 1.90 bits per heavy atom. The predicted molar refractivity (Wildman–Crippen MR) is 108 cm³/mol. The van der Waals surface area contributed by atoms with Crippen molar-refractivity contribution in [2.24, 2.45) is 0 Å². The molecule has 0 saturated carbocycles. The van der Waals surface area contributed by atoms with Crippen LogP contribution in [-0.4, -0.2) is 46.6 Å². The molecule has 146 valence electrons. The first-order valence-electron chi connectivity index (χ1n) is 9.44. The van der Waals surface area contributed by atoms with Crippen LogP contribution in [-0.2, 0) is 6.42 Å². The van der Waals surface area contributed by atoms with Crippen LogP contribution in [0, 0.1) is 0 Å². The highest BCUT2D eigenvalue weighted by atomic mass is 16.5. The molecule has 0 unspecified atom stereocenters. The molecule has 0 N–H and O–H groups in total. The molecule has 0 radical (unpaired) electrons. The highest BCUT2D eigenvalue weighted by Crippen LogP contribution is 2.33. The average molecular weight is 396 g/mol. The van der Waals surface area contributed by atoms with Gasteiger partial charge in [-0.2, -0.15) is 0 Å². The van der Waals surface area contributed by atoms with Crippen molar-refractivity contribution in [3.8, 4) is 34.2 Å². The van der Waals surface area contributed by atoms with Crippen molar-refractivity contribution in [2.75, 3.05) is 7.11 Å². The molecule has 0 spiro atoms. The van der Waals surface area contributed by atoms with Crippen molar-refractivity contribution in [2.45, 2.75) is 6.42 Å². The summed E-state index contributed by atoms with van der Waals surface area (Å²) in [7, 11) is 1.65. The van der Waals surface area contributed by atoms with E-state index in [0.29, 0.717) is 12.1 Å². The van der Waals surface area contributed by atoms with Crippen LogP contribution < -0.4 is 4.74 Å². The van der Waals surface area contributed by atoms with Gasteiger partial charge in [-0.05, 0) is 24.3 Å². The number of benzene rings is 2. The predicted octanol–water partition coefficient (Wildman–Crippen LogP) is 2.61. The molecule has 0 bridgehead atoms. The fourth-order valence-corrected chi connectivity index (χ4v) is 3.80. The number of methoxy groups -OCH3 is 1. The number of aromatic nitrogens is 8. The monoisotopic (exact) mass is 396 g/mol. The van der Waals surface area contributed by atoms with Crippen molar-refractivity contribution in [1.82, 2.24) is 39.5 Å². The van der Waals surface area contributed by atoms with Crippen molar-refractivity contribution >= 4 is 0 Å².